The van der Waals surface area contributed by atoms with Crippen LogP contribution >= 0.6 is 0 Å². The smallest absolute Gasteiger partial charge is 0.347 e. The van der Waals surface area contributed by atoms with E-state index in [1.807, 2.05) is 37.3 Å². The van der Waals surface area contributed by atoms with E-state index >= 15 is 0 Å². The van der Waals surface area contributed by atoms with Crippen LogP contribution in [0.4, 0.5) is 5.82 Å². The predicted octanol–water partition coefficient (Wildman–Crippen LogP) is 3.46. The average molecular weight is 381 g/mol. The number of benzene rings is 2. The number of aryl methyl sites for hydroxylation is 1. The summed E-state index contributed by atoms with van der Waals surface area (Å²) in [5, 5.41) is 10.7. The fourth-order valence-electron chi connectivity index (χ4n) is 2.86. The summed E-state index contributed by atoms with van der Waals surface area (Å²) in [6, 6.07) is 15.1. The molecule has 0 bridgehead atoms. The predicted molar refractivity (Wildman–Crippen MR) is 106 cm³/mol. The Morgan fingerprint density at radius 3 is 2.68 bits per heavy atom. The number of H-pyrrole nitrogens is 1. The second-order valence-corrected chi connectivity index (χ2v) is 6.35. The molecule has 1 unspecified atom stereocenters. The summed E-state index contributed by atoms with van der Waals surface area (Å²) >= 11 is 0. The third kappa shape index (κ3) is 4.68. The maximum atomic E-state index is 12.2. The van der Waals surface area contributed by atoms with Crippen LogP contribution in [0, 0.1) is 0 Å². The van der Waals surface area contributed by atoms with E-state index in [4.69, 9.17) is 9.47 Å². The van der Waals surface area contributed by atoms with Gasteiger partial charge in [0, 0.05) is 17.9 Å². The van der Waals surface area contributed by atoms with E-state index in [1.165, 1.54) is 7.11 Å². The quantitative estimate of drug-likeness (QED) is 0.583. The van der Waals surface area contributed by atoms with E-state index < -0.39 is 12.1 Å². The van der Waals surface area contributed by atoms with Crippen molar-refractivity contribution in [2.75, 3.05) is 12.4 Å². The van der Waals surface area contributed by atoms with Crippen molar-refractivity contribution in [3.8, 4) is 5.75 Å². The van der Waals surface area contributed by atoms with Gasteiger partial charge in [0.25, 0.3) is 0 Å². The van der Waals surface area contributed by atoms with Gasteiger partial charge in [0.1, 0.15) is 5.75 Å². The summed E-state index contributed by atoms with van der Waals surface area (Å²) in [6.07, 6.45) is 0.870. The highest BCUT2D eigenvalue weighted by molar-refractivity contribution is 5.99. The lowest BCUT2D eigenvalue weighted by molar-refractivity contribution is -0.148. The molecule has 0 fully saturated rings. The van der Waals surface area contributed by atoms with E-state index in [0.29, 0.717) is 36.3 Å². The number of hydrogen-bond acceptors (Lipinski definition) is 5. The molecule has 1 aromatic heterocycles. The summed E-state index contributed by atoms with van der Waals surface area (Å²) in [5.74, 6) is 0.475. The summed E-state index contributed by atoms with van der Waals surface area (Å²) in [7, 11) is 1.33. The Balaban J connectivity index is 1.65. The van der Waals surface area contributed by atoms with Crippen LogP contribution in [0.5, 0.6) is 5.75 Å². The molecule has 0 spiro atoms. The summed E-state index contributed by atoms with van der Waals surface area (Å²) < 4.78 is 10.4. The molecule has 0 saturated heterocycles. The molecule has 3 aromatic rings. The number of nitrogens with one attached hydrogen (secondary N) is 2. The van der Waals surface area contributed by atoms with Gasteiger partial charge >= 0.3 is 5.97 Å². The van der Waals surface area contributed by atoms with Crippen molar-refractivity contribution in [2.45, 2.75) is 32.3 Å². The molecule has 3 rings (SSSR count). The number of fused-ring (bicyclic) bond motifs is 1. The normalized spacial score (nSPS) is 11.8. The van der Waals surface area contributed by atoms with Crippen LogP contribution in [0.25, 0.3) is 10.9 Å². The Bertz CT molecular complexity index is 953. The molecule has 0 aliphatic carbocycles. The molecule has 1 heterocycles. The minimum absolute atomic E-state index is 0.102. The molecule has 0 aliphatic heterocycles. The molecule has 2 aromatic carbocycles. The third-order valence-corrected chi connectivity index (χ3v) is 4.39. The average Bonchev–Trinajstić information content (AvgIpc) is 3.12. The van der Waals surface area contributed by atoms with Gasteiger partial charge in [0.2, 0.25) is 5.91 Å². The maximum Gasteiger partial charge on any atom is 0.347 e. The van der Waals surface area contributed by atoms with Crippen LogP contribution < -0.4 is 10.1 Å². The molecular weight excluding hydrogens is 358 g/mol. The van der Waals surface area contributed by atoms with Gasteiger partial charge in [-0.2, -0.15) is 5.10 Å². The molecular formula is C21H23N3O4. The van der Waals surface area contributed by atoms with E-state index in [0.717, 1.165) is 10.9 Å². The molecule has 0 aliphatic rings. The molecule has 0 saturated carbocycles. The van der Waals surface area contributed by atoms with Crippen molar-refractivity contribution < 1.29 is 19.1 Å². The minimum atomic E-state index is -0.664. The largest absolute Gasteiger partial charge is 0.479 e. The van der Waals surface area contributed by atoms with Crippen molar-refractivity contribution in [1.82, 2.24) is 10.2 Å². The van der Waals surface area contributed by atoms with Crippen LogP contribution in [0.3, 0.4) is 0 Å². The van der Waals surface area contributed by atoms with Gasteiger partial charge in [0.15, 0.2) is 11.9 Å². The van der Waals surface area contributed by atoms with Crippen molar-refractivity contribution >= 4 is 28.6 Å². The number of aromatic amines is 1. The molecule has 146 valence electrons. The number of ether oxygens (including phenoxy) is 2. The second-order valence-electron chi connectivity index (χ2n) is 6.35. The first-order chi connectivity index (χ1) is 13.6. The van der Waals surface area contributed by atoms with Gasteiger partial charge < -0.3 is 14.8 Å². The van der Waals surface area contributed by atoms with Crippen molar-refractivity contribution in [2.24, 2.45) is 0 Å². The number of nitrogens with zero attached hydrogens (tertiary/aromatic N) is 1. The lowest BCUT2D eigenvalue weighted by atomic mass is 10.1. The molecule has 2 N–H and O–H groups in total. The van der Waals surface area contributed by atoms with Gasteiger partial charge in [0.05, 0.1) is 12.6 Å². The molecule has 0 radical (unpaired) electrons. The SMILES string of the molecule is CCC(Oc1ccc2c(NC(=O)CCc3ccccc3)n[nH]c2c1)C(=O)OC. The highest BCUT2D eigenvalue weighted by atomic mass is 16.6. The fraction of sp³-hybridized carbons (Fsp3) is 0.286. The maximum absolute atomic E-state index is 12.2. The Morgan fingerprint density at radius 2 is 1.96 bits per heavy atom. The van der Waals surface area contributed by atoms with Gasteiger partial charge in [-0.15, -0.1) is 0 Å². The van der Waals surface area contributed by atoms with E-state index in [-0.39, 0.29) is 5.91 Å². The Labute approximate surface area is 163 Å². The number of methoxy groups -OCH3 is 1. The van der Waals surface area contributed by atoms with Gasteiger partial charge in [-0.05, 0) is 30.5 Å². The van der Waals surface area contributed by atoms with E-state index in [2.05, 4.69) is 15.5 Å². The zero-order valence-electron chi connectivity index (χ0n) is 15.9. The Hall–Kier alpha value is -3.35. The first kappa shape index (κ1) is 19.4. The van der Waals surface area contributed by atoms with Crippen molar-refractivity contribution in [1.29, 1.82) is 0 Å². The lowest BCUT2D eigenvalue weighted by Gasteiger charge is -2.15. The summed E-state index contributed by atoms with van der Waals surface area (Å²) in [6.45, 7) is 1.85. The van der Waals surface area contributed by atoms with Gasteiger partial charge in [-0.1, -0.05) is 37.3 Å². The standard InChI is InChI=1S/C21H23N3O4/c1-3-18(21(26)27-2)28-15-10-11-16-17(13-15)23-24-20(16)22-19(25)12-9-14-7-5-4-6-8-14/h4-8,10-11,13,18H,3,9,12H2,1-2H3,(H2,22,23,24,25). The second kappa shape index (κ2) is 9.03. The Morgan fingerprint density at radius 1 is 1.18 bits per heavy atom. The lowest BCUT2D eigenvalue weighted by Crippen LogP contribution is -2.27. The third-order valence-electron chi connectivity index (χ3n) is 4.39. The molecule has 28 heavy (non-hydrogen) atoms. The highest BCUT2D eigenvalue weighted by Crippen LogP contribution is 2.26. The topological polar surface area (TPSA) is 93.3 Å². The zero-order valence-corrected chi connectivity index (χ0v) is 15.9. The first-order valence-corrected chi connectivity index (χ1v) is 9.17. The number of carbonyl (C=O) groups excluding carboxylic acids is 2. The monoisotopic (exact) mass is 381 g/mol. The number of anilines is 1. The minimum Gasteiger partial charge on any atom is -0.479 e. The van der Waals surface area contributed by atoms with Gasteiger partial charge in [-0.25, -0.2) is 4.79 Å². The summed E-state index contributed by atoms with van der Waals surface area (Å²) in [4.78, 5) is 23.9. The molecule has 7 heteroatoms. The number of rotatable bonds is 8. The van der Waals surface area contributed by atoms with Crippen LogP contribution in [0.15, 0.2) is 48.5 Å². The van der Waals surface area contributed by atoms with Gasteiger partial charge in [-0.3, -0.25) is 9.89 Å². The van der Waals surface area contributed by atoms with Crippen LogP contribution in [-0.2, 0) is 20.7 Å². The van der Waals surface area contributed by atoms with Crippen LogP contribution in [0.2, 0.25) is 0 Å². The first-order valence-electron chi connectivity index (χ1n) is 9.17. The number of amides is 1. The zero-order chi connectivity index (χ0) is 19.9. The van der Waals surface area contributed by atoms with E-state index in [1.54, 1.807) is 18.2 Å². The molecule has 7 nitrogen and oxygen atoms in total. The molecule has 1 atom stereocenters. The molecule has 1 amide bonds. The van der Waals surface area contributed by atoms with E-state index in [9.17, 15) is 9.59 Å². The fourth-order valence-corrected chi connectivity index (χ4v) is 2.86. The van der Waals surface area contributed by atoms with Crippen molar-refractivity contribution in [3.63, 3.8) is 0 Å². The number of carbonyl (C=O) groups is 2. The summed E-state index contributed by atoms with van der Waals surface area (Å²) in [5.41, 5.74) is 1.82. The van der Waals surface area contributed by atoms with Crippen LogP contribution in [-0.4, -0.2) is 35.3 Å². The van der Waals surface area contributed by atoms with Crippen LogP contribution in [0.1, 0.15) is 25.3 Å². The number of aromatic nitrogens is 2. The highest BCUT2D eigenvalue weighted by Gasteiger charge is 2.19. The number of hydrogen-bond donors (Lipinski definition) is 2. The number of esters is 1. The van der Waals surface area contributed by atoms with Crippen molar-refractivity contribution in [3.05, 3.63) is 54.1 Å². The Kier molecular flexibility index (Phi) is 6.26.